The van der Waals surface area contributed by atoms with Crippen LogP contribution in [0.15, 0.2) is 53.0 Å². The van der Waals surface area contributed by atoms with Crippen LogP contribution in [0.1, 0.15) is 18.6 Å². The van der Waals surface area contributed by atoms with E-state index in [1.165, 1.54) is 11.8 Å². The Hall–Kier alpha value is -1.47. The first-order chi connectivity index (χ1) is 11.3. The predicted octanol–water partition coefficient (Wildman–Crippen LogP) is 4.24. The van der Waals surface area contributed by atoms with Gasteiger partial charge in [0.25, 0.3) is 11.1 Å². The zero-order valence-electron chi connectivity index (χ0n) is 12.6. The number of amides is 1. The number of benzene rings is 2. The summed E-state index contributed by atoms with van der Waals surface area (Å²) in [5.74, 6) is -0.426. The highest BCUT2D eigenvalue weighted by atomic mass is 79.9. The van der Waals surface area contributed by atoms with E-state index in [1.807, 2.05) is 0 Å². The van der Waals surface area contributed by atoms with Gasteiger partial charge in [-0.2, -0.15) is 0 Å². The molecular formula is C17H13BrClNO3S. The molecule has 24 heavy (non-hydrogen) atoms. The highest BCUT2D eigenvalue weighted by Gasteiger charge is 2.54. The van der Waals surface area contributed by atoms with Crippen LogP contribution in [0.2, 0.25) is 5.02 Å². The standard InChI is InChI=1S/C17H13BrClNO3S/c1-17(14(21)10-2-4-11(18)5-3-10)15(22)20(16(24)23-17)13-8-6-12(19)7-9-13/h2-9,14,21H,1H3. The second kappa shape index (κ2) is 6.44. The Kier molecular flexibility index (Phi) is 4.66. The molecule has 0 aliphatic carbocycles. The molecule has 1 aliphatic rings. The summed E-state index contributed by atoms with van der Waals surface area (Å²) in [7, 11) is 0. The van der Waals surface area contributed by atoms with Gasteiger partial charge in [-0.1, -0.05) is 39.7 Å². The zero-order valence-corrected chi connectivity index (χ0v) is 15.7. The Morgan fingerprint density at radius 1 is 1.21 bits per heavy atom. The summed E-state index contributed by atoms with van der Waals surface area (Å²) in [5.41, 5.74) is -0.388. The maximum atomic E-state index is 12.9. The monoisotopic (exact) mass is 425 g/mol. The summed E-state index contributed by atoms with van der Waals surface area (Å²) in [6.45, 7) is 1.53. The minimum Gasteiger partial charge on any atom is -0.451 e. The van der Waals surface area contributed by atoms with Gasteiger partial charge in [0, 0.05) is 9.50 Å². The molecular weight excluding hydrogens is 414 g/mol. The van der Waals surface area contributed by atoms with Crippen molar-refractivity contribution < 1.29 is 14.6 Å². The van der Waals surface area contributed by atoms with Crippen LogP contribution in [-0.2, 0) is 9.53 Å². The van der Waals surface area contributed by atoms with Crippen molar-refractivity contribution in [3.05, 3.63) is 63.6 Å². The summed E-state index contributed by atoms with van der Waals surface area (Å²) in [6, 6.07) is 13.7. The first-order valence-corrected chi connectivity index (χ1v) is 8.67. The number of thiocarbonyl (C=S) groups is 1. The van der Waals surface area contributed by atoms with E-state index < -0.39 is 17.6 Å². The largest absolute Gasteiger partial charge is 0.451 e. The Labute approximate surface area is 158 Å². The van der Waals surface area contributed by atoms with E-state index in [2.05, 4.69) is 15.9 Å². The number of halogens is 2. The molecule has 0 bridgehead atoms. The van der Waals surface area contributed by atoms with Crippen molar-refractivity contribution in [2.45, 2.75) is 18.6 Å². The minimum absolute atomic E-state index is 0.000911. The van der Waals surface area contributed by atoms with E-state index in [-0.39, 0.29) is 5.17 Å². The van der Waals surface area contributed by atoms with Gasteiger partial charge in [-0.25, -0.2) is 4.90 Å². The molecule has 1 amide bonds. The molecule has 1 fully saturated rings. The van der Waals surface area contributed by atoms with Gasteiger partial charge in [0.1, 0.15) is 6.10 Å². The molecule has 2 aromatic carbocycles. The number of aliphatic hydroxyl groups excluding tert-OH is 1. The van der Waals surface area contributed by atoms with E-state index in [0.29, 0.717) is 16.3 Å². The summed E-state index contributed by atoms with van der Waals surface area (Å²) >= 11 is 14.4. The van der Waals surface area contributed by atoms with Crippen LogP contribution in [0.3, 0.4) is 0 Å². The third-order valence-corrected chi connectivity index (χ3v) is 4.95. The average Bonchev–Trinajstić information content (AvgIpc) is 2.79. The van der Waals surface area contributed by atoms with Gasteiger partial charge in [-0.05, 0) is 61.1 Å². The highest BCUT2D eigenvalue weighted by molar-refractivity contribution is 9.10. The number of carbonyl (C=O) groups is 1. The molecule has 2 aromatic rings. The van der Waals surface area contributed by atoms with Crippen molar-refractivity contribution in [2.75, 3.05) is 4.90 Å². The summed E-state index contributed by atoms with van der Waals surface area (Å²) in [5, 5.41) is 11.3. The van der Waals surface area contributed by atoms with Gasteiger partial charge in [-0.3, -0.25) is 4.79 Å². The molecule has 2 atom stereocenters. The molecule has 0 radical (unpaired) electrons. The summed E-state index contributed by atoms with van der Waals surface area (Å²) in [6.07, 6.45) is -1.16. The van der Waals surface area contributed by atoms with Crippen LogP contribution >= 0.6 is 39.7 Å². The average molecular weight is 427 g/mol. The molecule has 124 valence electrons. The Morgan fingerprint density at radius 3 is 2.38 bits per heavy atom. The van der Waals surface area contributed by atoms with Crippen molar-refractivity contribution in [1.82, 2.24) is 0 Å². The summed E-state index contributed by atoms with van der Waals surface area (Å²) in [4.78, 5) is 14.2. The van der Waals surface area contributed by atoms with Crippen LogP contribution in [0.5, 0.6) is 0 Å². The van der Waals surface area contributed by atoms with Gasteiger partial charge in [0.15, 0.2) is 0 Å². The van der Waals surface area contributed by atoms with E-state index in [0.717, 1.165) is 4.47 Å². The Bertz CT molecular complexity index is 796. The number of rotatable bonds is 3. The lowest BCUT2D eigenvalue weighted by molar-refractivity contribution is -0.137. The highest BCUT2D eigenvalue weighted by Crippen LogP contribution is 2.38. The van der Waals surface area contributed by atoms with Gasteiger partial charge < -0.3 is 9.84 Å². The smallest absolute Gasteiger partial charge is 0.281 e. The van der Waals surface area contributed by atoms with E-state index in [9.17, 15) is 9.90 Å². The molecule has 0 saturated carbocycles. The fraction of sp³-hybridized carbons (Fsp3) is 0.176. The lowest BCUT2D eigenvalue weighted by Gasteiger charge is -2.26. The molecule has 3 rings (SSSR count). The topological polar surface area (TPSA) is 49.8 Å². The third kappa shape index (κ3) is 2.95. The molecule has 4 nitrogen and oxygen atoms in total. The maximum absolute atomic E-state index is 12.9. The Morgan fingerprint density at radius 2 is 1.79 bits per heavy atom. The fourth-order valence-corrected chi connectivity index (χ4v) is 3.28. The Balaban J connectivity index is 1.94. The van der Waals surface area contributed by atoms with Crippen LogP contribution < -0.4 is 4.90 Å². The van der Waals surface area contributed by atoms with Gasteiger partial charge in [0.05, 0.1) is 5.69 Å². The maximum Gasteiger partial charge on any atom is 0.281 e. The number of hydrogen-bond donors (Lipinski definition) is 1. The molecule has 1 saturated heterocycles. The number of ether oxygens (including phenoxy) is 1. The zero-order chi connectivity index (χ0) is 17.5. The van der Waals surface area contributed by atoms with Crippen LogP contribution in [0.4, 0.5) is 5.69 Å². The van der Waals surface area contributed by atoms with Crippen molar-refractivity contribution in [3.63, 3.8) is 0 Å². The predicted molar refractivity (Wildman–Crippen MR) is 100 cm³/mol. The molecule has 1 N–H and O–H groups in total. The number of anilines is 1. The number of nitrogens with zero attached hydrogens (tertiary/aromatic N) is 1. The molecule has 0 spiro atoms. The van der Waals surface area contributed by atoms with E-state index >= 15 is 0 Å². The van der Waals surface area contributed by atoms with E-state index in [4.69, 9.17) is 28.6 Å². The number of hydrogen-bond acceptors (Lipinski definition) is 4. The van der Waals surface area contributed by atoms with Crippen molar-refractivity contribution in [1.29, 1.82) is 0 Å². The second-order valence-electron chi connectivity index (χ2n) is 5.55. The first kappa shape index (κ1) is 17.4. The molecule has 1 heterocycles. The summed E-state index contributed by atoms with van der Waals surface area (Å²) < 4.78 is 6.49. The first-order valence-electron chi connectivity index (χ1n) is 7.09. The third-order valence-electron chi connectivity index (χ3n) is 3.90. The SMILES string of the molecule is CC1(C(O)c2ccc(Br)cc2)OC(=S)N(c2ccc(Cl)cc2)C1=O. The minimum atomic E-state index is -1.50. The fourth-order valence-electron chi connectivity index (χ4n) is 2.52. The molecule has 2 unspecified atom stereocenters. The number of aliphatic hydroxyl groups is 1. The van der Waals surface area contributed by atoms with Gasteiger partial charge >= 0.3 is 0 Å². The quantitative estimate of drug-likeness (QED) is 0.746. The second-order valence-corrected chi connectivity index (χ2v) is 7.25. The normalized spacial score (nSPS) is 21.8. The lowest BCUT2D eigenvalue weighted by Crippen LogP contribution is -2.43. The van der Waals surface area contributed by atoms with Crippen LogP contribution in [0.25, 0.3) is 0 Å². The molecule has 1 aliphatic heterocycles. The lowest BCUT2D eigenvalue weighted by atomic mass is 9.92. The number of carbonyl (C=O) groups excluding carboxylic acids is 1. The molecule has 7 heteroatoms. The van der Waals surface area contributed by atoms with Gasteiger partial charge in [-0.15, -0.1) is 0 Å². The van der Waals surface area contributed by atoms with Crippen molar-refractivity contribution in [3.8, 4) is 0 Å². The van der Waals surface area contributed by atoms with E-state index in [1.54, 1.807) is 48.5 Å². The van der Waals surface area contributed by atoms with Gasteiger partial charge in [0.2, 0.25) is 5.60 Å². The van der Waals surface area contributed by atoms with Crippen molar-refractivity contribution in [2.24, 2.45) is 0 Å². The van der Waals surface area contributed by atoms with Crippen LogP contribution in [-0.4, -0.2) is 21.8 Å². The van der Waals surface area contributed by atoms with Crippen LogP contribution in [0, 0.1) is 0 Å². The van der Waals surface area contributed by atoms with Crippen molar-refractivity contribution >= 4 is 56.5 Å². The molecule has 0 aromatic heterocycles.